The minimum Gasteiger partial charge on any atom is -0.507 e. The summed E-state index contributed by atoms with van der Waals surface area (Å²) in [6.07, 6.45) is 0. The highest BCUT2D eigenvalue weighted by atomic mass is 79.9. The number of aromatic carboxylic acids is 1. The maximum absolute atomic E-state index is 13.0. The van der Waals surface area contributed by atoms with Crippen LogP contribution >= 0.6 is 15.9 Å². The predicted molar refractivity (Wildman–Crippen MR) is 47.5 cm³/mol. The molecule has 0 spiro atoms. The Hall–Kier alpha value is -1.10. The van der Waals surface area contributed by atoms with E-state index in [1.165, 1.54) is 6.92 Å². The largest absolute Gasteiger partial charge is 0.507 e. The van der Waals surface area contributed by atoms with Crippen LogP contribution in [-0.4, -0.2) is 16.2 Å². The molecule has 5 heteroatoms. The average molecular weight is 249 g/mol. The van der Waals surface area contributed by atoms with Crippen LogP contribution in [0.25, 0.3) is 0 Å². The molecule has 0 radical (unpaired) electrons. The van der Waals surface area contributed by atoms with Crippen molar-refractivity contribution in [3.05, 3.63) is 27.5 Å². The minimum absolute atomic E-state index is 0.0280. The van der Waals surface area contributed by atoms with Gasteiger partial charge >= 0.3 is 5.97 Å². The molecular formula is C8H6BrFO3. The van der Waals surface area contributed by atoms with Crippen molar-refractivity contribution in [1.29, 1.82) is 0 Å². The average Bonchev–Trinajstić information content (AvgIpc) is 2.07. The van der Waals surface area contributed by atoms with E-state index in [1.54, 1.807) is 0 Å². The summed E-state index contributed by atoms with van der Waals surface area (Å²) in [6.45, 7) is 1.31. The van der Waals surface area contributed by atoms with Crippen LogP contribution in [0.5, 0.6) is 5.75 Å². The molecule has 0 atom stereocenters. The molecule has 70 valence electrons. The van der Waals surface area contributed by atoms with E-state index in [2.05, 4.69) is 15.9 Å². The fraction of sp³-hybridized carbons (Fsp3) is 0.125. The molecule has 2 N–H and O–H groups in total. The predicted octanol–water partition coefficient (Wildman–Crippen LogP) is 2.30. The van der Waals surface area contributed by atoms with Gasteiger partial charge in [-0.2, -0.15) is 0 Å². The standard InChI is InChI=1S/C8H6BrFO3/c1-3-6(10)5(9)2-4(7(3)11)8(12)13/h2,11H,1H3,(H,12,13). The van der Waals surface area contributed by atoms with E-state index in [1.807, 2.05) is 0 Å². The Morgan fingerprint density at radius 1 is 1.62 bits per heavy atom. The van der Waals surface area contributed by atoms with E-state index in [0.29, 0.717) is 0 Å². The lowest BCUT2D eigenvalue weighted by molar-refractivity contribution is 0.0693. The van der Waals surface area contributed by atoms with E-state index in [-0.39, 0.29) is 15.6 Å². The smallest absolute Gasteiger partial charge is 0.339 e. The molecule has 0 saturated heterocycles. The molecule has 1 aromatic carbocycles. The number of carboxylic acid groups (broad SMARTS) is 1. The molecule has 0 aliphatic carbocycles. The second-order valence-electron chi connectivity index (χ2n) is 2.50. The summed E-state index contributed by atoms with van der Waals surface area (Å²) in [5.74, 6) is -2.47. The number of carboxylic acids is 1. The monoisotopic (exact) mass is 248 g/mol. The molecule has 0 aliphatic rings. The van der Waals surface area contributed by atoms with E-state index in [0.717, 1.165) is 6.07 Å². The second kappa shape index (κ2) is 3.33. The summed E-state index contributed by atoms with van der Waals surface area (Å²) < 4.78 is 13.1. The molecule has 0 heterocycles. The second-order valence-corrected chi connectivity index (χ2v) is 3.35. The lowest BCUT2D eigenvalue weighted by Crippen LogP contribution is -2.00. The first kappa shape index (κ1) is 9.98. The number of halogens is 2. The van der Waals surface area contributed by atoms with E-state index in [9.17, 15) is 14.3 Å². The summed E-state index contributed by atoms with van der Waals surface area (Å²) in [6, 6.07) is 1.03. The molecule has 13 heavy (non-hydrogen) atoms. The Labute approximate surface area is 81.9 Å². The molecule has 1 aromatic rings. The van der Waals surface area contributed by atoms with Crippen LogP contribution < -0.4 is 0 Å². The summed E-state index contributed by atoms with van der Waals surface area (Å²) in [5, 5.41) is 17.8. The van der Waals surface area contributed by atoms with Crippen LogP contribution in [-0.2, 0) is 0 Å². The third-order valence-corrected chi connectivity index (χ3v) is 2.23. The van der Waals surface area contributed by atoms with Gasteiger partial charge in [-0.1, -0.05) is 0 Å². The first-order valence-electron chi connectivity index (χ1n) is 3.36. The molecule has 1 rings (SSSR count). The third-order valence-electron chi connectivity index (χ3n) is 1.65. The molecule has 3 nitrogen and oxygen atoms in total. The third kappa shape index (κ3) is 1.65. The fourth-order valence-corrected chi connectivity index (χ4v) is 1.43. The van der Waals surface area contributed by atoms with E-state index in [4.69, 9.17) is 5.11 Å². The fourth-order valence-electron chi connectivity index (χ4n) is 0.907. The molecule has 0 aliphatic heterocycles. The SMILES string of the molecule is Cc1c(O)c(C(=O)O)cc(Br)c1F. The molecule has 0 unspecified atom stereocenters. The summed E-state index contributed by atoms with van der Waals surface area (Å²) in [7, 11) is 0. The van der Waals surface area contributed by atoms with Gasteiger partial charge in [0.1, 0.15) is 17.1 Å². The van der Waals surface area contributed by atoms with Gasteiger partial charge in [0.25, 0.3) is 0 Å². The maximum atomic E-state index is 13.0. The van der Waals surface area contributed by atoms with Crippen molar-refractivity contribution in [2.24, 2.45) is 0 Å². The van der Waals surface area contributed by atoms with Gasteiger partial charge in [-0.3, -0.25) is 0 Å². The number of benzene rings is 1. The molecule has 0 amide bonds. The molecular weight excluding hydrogens is 243 g/mol. The van der Waals surface area contributed by atoms with Gasteiger partial charge < -0.3 is 10.2 Å². The highest BCUT2D eigenvalue weighted by molar-refractivity contribution is 9.10. The van der Waals surface area contributed by atoms with Crippen molar-refractivity contribution >= 4 is 21.9 Å². The lowest BCUT2D eigenvalue weighted by atomic mass is 10.1. The van der Waals surface area contributed by atoms with Crippen molar-refractivity contribution in [3.8, 4) is 5.75 Å². The number of aromatic hydroxyl groups is 1. The van der Waals surface area contributed by atoms with Crippen molar-refractivity contribution in [1.82, 2.24) is 0 Å². The summed E-state index contributed by atoms with van der Waals surface area (Å²) in [4.78, 5) is 10.5. The van der Waals surface area contributed by atoms with Gasteiger partial charge in [0.15, 0.2) is 0 Å². The molecule has 0 saturated carbocycles. The van der Waals surface area contributed by atoms with Crippen LogP contribution in [0.2, 0.25) is 0 Å². The lowest BCUT2D eigenvalue weighted by Gasteiger charge is -2.05. The zero-order chi connectivity index (χ0) is 10.2. The van der Waals surface area contributed by atoms with Crippen molar-refractivity contribution in [2.45, 2.75) is 6.92 Å². The van der Waals surface area contributed by atoms with E-state index < -0.39 is 17.5 Å². The number of phenols is 1. The topological polar surface area (TPSA) is 57.5 Å². The first-order valence-corrected chi connectivity index (χ1v) is 4.15. The molecule has 0 fully saturated rings. The number of rotatable bonds is 1. The van der Waals surface area contributed by atoms with Gasteiger partial charge in [0.2, 0.25) is 0 Å². The Morgan fingerprint density at radius 3 is 2.62 bits per heavy atom. The molecule has 0 bridgehead atoms. The number of carbonyl (C=O) groups is 1. The highest BCUT2D eigenvalue weighted by Gasteiger charge is 2.17. The Balaban J connectivity index is 3.50. The van der Waals surface area contributed by atoms with Crippen LogP contribution in [0.3, 0.4) is 0 Å². The van der Waals surface area contributed by atoms with Crippen molar-refractivity contribution in [2.75, 3.05) is 0 Å². The van der Waals surface area contributed by atoms with Gasteiger partial charge in [0, 0.05) is 5.56 Å². The van der Waals surface area contributed by atoms with Crippen LogP contribution in [0.15, 0.2) is 10.5 Å². The zero-order valence-corrected chi connectivity index (χ0v) is 8.22. The Kier molecular flexibility index (Phi) is 2.56. The maximum Gasteiger partial charge on any atom is 0.339 e. The van der Waals surface area contributed by atoms with Gasteiger partial charge in [-0.25, -0.2) is 9.18 Å². The normalized spacial score (nSPS) is 10.1. The number of hydrogen-bond donors (Lipinski definition) is 2. The Morgan fingerprint density at radius 2 is 2.15 bits per heavy atom. The van der Waals surface area contributed by atoms with Gasteiger partial charge in [0.05, 0.1) is 4.47 Å². The minimum atomic E-state index is -1.29. The van der Waals surface area contributed by atoms with Crippen LogP contribution in [0, 0.1) is 12.7 Å². The zero-order valence-electron chi connectivity index (χ0n) is 6.64. The quantitative estimate of drug-likeness (QED) is 0.802. The van der Waals surface area contributed by atoms with Crippen molar-refractivity contribution < 1.29 is 19.4 Å². The van der Waals surface area contributed by atoms with E-state index >= 15 is 0 Å². The number of hydrogen-bond acceptors (Lipinski definition) is 2. The highest BCUT2D eigenvalue weighted by Crippen LogP contribution is 2.30. The summed E-state index contributed by atoms with van der Waals surface area (Å²) >= 11 is 2.85. The first-order chi connectivity index (χ1) is 5.95. The summed E-state index contributed by atoms with van der Waals surface area (Å²) in [5.41, 5.74) is -0.391. The molecule has 0 aromatic heterocycles. The van der Waals surface area contributed by atoms with Crippen molar-refractivity contribution in [3.63, 3.8) is 0 Å². The van der Waals surface area contributed by atoms with Crippen LogP contribution in [0.1, 0.15) is 15.9 Å². The van der Waals surface area contributed by atoms with Crippen LogP contribution in [0.4, 0.5) is 4.39 Å². The van der Waals surface area contributed by atoms with Gasteiger partial charge in [-0.05, 0) is 28.9 Å². The Bertz CT molecular complexity index is 376. The van der Waals surface area contributed by atoms with Gasteiger partial charge in [-0.15, -0.1) is 0 Å².